The number of benzene rings is 4. The van der Waals surface area contributed by atoms with Crippen LogP contribution in [0.25, 0.3) is 0 Å². The number of hydrogen-bond donors (Lipinski definition) is 1. The third kappa shape index (κ3) is 9.19. The van der Waals surface area contributed by atoms with Gasteiger partial charge in [-0.2, -0.15) is 0 Å². The van der Waals surface area contributed by atoms with Crippen molar-refractivity contribution < 1.29 is 18.0 Å². The van der Waals surface area contributed by atoms with Gasteiger partial charge in [-0.15, -0.1) is 0 Å². The summed E-state index contributed by atoms with van der Waals surface area (Å²) in [5.74, 6) is -0.902. The van der Waals surface area contributed by atoms with Gasteiger partial charge in [-0.1, -0.05) is 99.8 Å². The van der Waals surface area contributed by atoms with Crippen molar-refractivity contribution in [2.45, 2.75) is 57.1 Å². The zero-order chi connectivity index (χ0) is 32.8. The molecule has 4 aromatic carbocycles. The largest absolute Gasteiger partial charge is 0.350 e. The van der Waals surface area contributed by atoms with E-state index in [1.807, 2.05) is 82.3 Å². The van der Waals surface area contributed by atoms with Crippen LogP contribution in [-0.2, 0) is 32.6 Å². The first-order valence-electron chi connectivity index (χ1n) is 14.5. The van der Waals surface area contributed by atoms with E-state index in [0.29, 0.717) is 0 Å². The van der Waals surface area contributed by atoms with Crippen LogP contribution >= 0.6 is 27.5 Å². The molecule has 0 aliphatic carbocycles. The Morgan fingerprint density at radius 3 is 2.04 bits per heavy atom. The predicted molar refractivity (Wildman–Crippen MR) is 184 cm³/mol. The van der Waals surface area contributed by atoms with E-state index in [1.54, 1.807) is 36.4 Å². The van der Waals surface area contributed by atoms with Crippen molar-refractivity contribution in [1.29, 1.82) is 0 Å². The Labute approximate surface area is 279 Å². The second-order valence-corrected chi connectivity index (χ2v) is 15.1. The van der Waals surface area contributed by atoms with E-state index in [9.17, 15) is 18.0 Å². The Morgan fingerprint density at radius 1 is 0.844 bits per heavy atom. The molecule has 0 heterocycles. The highest BCUT2D eigenvalue weighted by Crippen LogP contribution is 2.31. The molecule has 0 aliphatic rings. The third-order valence-corrected chi connectivity index (χ3v) is 9.67. The number of aryl methyl sites for hydroxylation is 1. The molecule has 0 saturated heterocycles. The minimum Gasteiger partial charge on any atom is -0.350 e. The van der Waals surface area contributed by atoms with E-state index in [-0.39, 0.29) is 34.5 Å². The van der Waals surface area contributed by atoms with Gasteiger partial charge in [0.25, 0.3) is 10.0 Å². The molecule has 0 saturated carbocycles. The van der Waals surface area contributed by atoms with Gasteiger partial charge in [-0.3, -0.25) is 13.9 Å². The van der Waals surface area contributed by atoms with Crippen LogP contribution in [0.2, 0.25) is 5.02 Å². The fraction of sp³-hybridized carbons (Fsp3) is 0.257. The average molecular weight is 711 g/mol. The highest BCUT2D eigenvalue weighted by atomic mass is 79.9. The number of sulfonamides is 1. The number of nitrogens with one attached hydrogen (secondary N) is 1. The summed E-state index contributed by atoms with van der Waals surface area (Å²) in [6, 6.07) is 28.8. The molecule has 236 valence electrons. The van der Waals surface area contributed by atoms with Crippen LogP contribution in [0.4, 0.5) is 5.69 Å². The standard InChI is InChI=1S/C35H37BrClN3O4S/c1-25-14-20-29(21-15-25)45(43,44)40(31-13-9-8-12-30(31)37)24-33(41)39(23-27-16-18-28(36)19-17-27)32(34(42)38-35(2,3)4)22-26-10-6-5-7-11-26/h5-21,32H,22-24H2,1-4H3,(H,38,42)/t32-/m1/s1. The van der Waals surface area contributed by atoms with Gasteiger partial charge < -0.3 is 10.2 Å². The van der Waals surface area contributed by atoms with E-state index < -0.39 is 34.1 Å². The first-order valence-corrected chi connectivity index (χ1v) is 17.1. The van der Waals surface area contributed by atoms with E-state index in [4.69, 9.17) is 11.6 Å². The topological polar surface area (TPSA) is 86.8 Å². The van der Waals surface area contributed by atoms with Gasteiger partial charge in [0.2, 0.25) is 11.8 Å². The first kappa shape index (κ1) is 34.2. The molecule has 0 radical (unpaired) electrons. The van der Waals surface area contributed by atoms with Crippen LogP contribution in [0.3, 0.4) is 0 Å². The van der Waals surface area contributed by atoms with Crippen molar-refractivity contribution in [3.05, 3.63) is 129 Å². The highest BCUT2D eigenvalue weighted by Gasteiger charge is 2.36. The van der Waals surface area contributed by atoms with Gasteiger partial charge in [0, 0.05) is 23.0 Å². The highest BCUT2D eigenvalue weighted by molar-refractivity contribution is 9.10. The molecular weight excluding hydrogens is 674 g/mol. The summed E-state index contributed by atoms with van der Waals surface area (Å²) in [7, 11) is -4.24. The van der Waals surface area contributed by atoms with Crippen LogP contribution in [0.15, 0.2) is 112 Å². The first-order chi connectivity index (χ1) is 21.2. The molecule has 10 heteroatoms. The molecule has 45 heavy (non-hydrogen) atoms. The Bertz CT molecular complexity index is 1730. The number of anilines is 1. The predicted octanol–water partition coefficient (Wildman–Crippen LogP) is 7.16. The Hall–Kier alpha value is -3.66. The minimum absolute atomic E-state index is 0.0200. The van der Waals surface area contributed by atoms with Crippen molar-refractivity contribution in [2.75, 3.05) is 10.8 Å². The van der Waals surface area contributed by atoms with Gasteiger partial charge in [0.05, 0.1) is 15.6 Å². The van der Waals surface area contributed by atoms with Crippen molar-refractivity contribution in [3.8, 4) is 0 Å². The minimum atomic E-state index is -4.24. The van der Waals surface area contributed by atoms with Gasteiger partial charge in [0.1, 0.15) is 12.6 Å². The second kappa shape index (κ2) is 14.6. The van der Waals surface area contributed by atoms with Gasteiger partial charge >= 0.3 is 0 Å². The van der Waals surface area contributed by atoms with E-state index in [2.05, 4.69) is 21.2 Å². The van der Waals surface area contributed by atoms with E-state index in [1.165, 1.54) is 17.0 Å². The molecule has 4 aromatic rings. The molecule has 1 atom stereocenters. The molecule has 2 amide bonds. The van der Waals surface area contributed by atoms with Gasteiger partial charge in [-0.25, -0.2) is 8.42 Å². The fourth-order valence-corrected chi connectivity index (χ4v) is 6.78. The molecule has 0 fully saturated rings. The van der Waals surface area contributed by atoms with Crippen molar-refractivity contribution in [1.82, 2.24) is 10.2 Å². The number of nitrogens with zero attached hydrogens (tertiary/aromatic N) is 2. The number of rotatable bonds is 11. The molecule has 0 spiro atoms. The summed E-state index contributed by atoms with van der Waals surface area (Å²) in [4.78, 5) is 30.0. The maximum atomic E-state index is 14.5. The Balaban J connectivity index is 1.82. The molecule has 0 bridgehead atoms. The summed E-state index contributed by atoms with van der Waals surface area (Å²) in [6.45, 7) is 6.98. The van der Waals surface area contributed by atoms with Crippen LogP contribution in [0.5, 0.6) is 0 Å². The van der Waals surface area contributed by atoms with Gasteiger partial charge in [-0.05, 0) is 75.2 Å². The summed E-state index contributed by atoms with van der Waals surface area (Å²) < 4.78 is 30.2. The Morgan fingerprint density at radius 2 is 1.44 bits per heavy atom. The molecule has 1 N–H and O–H groups in total. The molecule has 7 nitrogen and oxygen atoms in total. The molecule has 4 rings (SSSR count). The van der Waals surface area contributed by atoms with Crippen molar-refractivity contribution >= 4 is 55.1 Å². The van der Waals surface area contributed by atoms with Crippen LogP contribution in [-0.4, -0.2) is 43.3 Å². The number of halogens is 2. The zero-order valence-electron chi connectivity index (χ0n) is 25.7. The smallest absolute Gasteiger partial charge is 0.264 e. The number of hydrogen-bond acceptors (Lipinski definition) is 4. The maximum absolute atomic E-state index is 14.5. The summed E-state index contributed by atoms with van der Waals surface area (Å²) in [5, 5.41) is 3.20. The van der Waals surface area contributed by atoms with Crippen LogP contribution < -0.4 is 9.62 Å². The third-order valence-electron chi connectivity index (χ3n) is 7.04. The average Bonchev–Trinajstić information content (AvgIpc) is 2.99. The lowest BCUT2D eigenvalue weighted by Gasteiger charge is -2.35. The van der Waals surface area contributed by atoms with Crippen molar-refractivity contribution in [2.24, 2.45) is 0 Å². The van der Waals surface area contributed by atoms with E-state index in [0.717, 1.165) is 25.5 Å². The SMILES string of the molecule is Cc1ccc(S(=O)(=O)N(CC(=O)N(Cc2ccc(Br)cc2)[C@H](Cc2ccccc2)C(=O)NC(C)(C)C)c2ccccc2Cl)cc1. The number of amides is 2. The lowest BCUT2D eigenvalue weighted by atomic mass is 10.0. The lowest BCUT2D eigenvalue weighted by molar-refractivity contribution is -0.140. The molecule has 0 aliphatic heterocycles. The number of para-hydroxylation sites is 1. The summed E-state index contributed by atoms with van der Waals surface area (Å²) in [5.41, 5.74) is 2.12. The fourth-order valence-electron chi connectivity index (χ4n) is 4.80. The molecule has 0 aromatic heterocycles. The number of carbonyl (C=O) groups is 2. The van der Waals surface area contributed by atoms with Crippen LogP contribution in [0.1, 0.15) is 37.5 Å². The van der Waals surface area contributed by atoms with Crippen LogP contribution in [0, 0.1) is 6.92 Å². The summed E-state index contributed by atoms with van der Waals surface area (Å²) >= 11 is 9.99. The number of carbonyl (C=O) groups excluding carboxylic acids is 2. The quantitative estimate of drug-likeness (QED) is 0.179. The van der Waals surface area contributed by atoms with Crippen molar-refractivity contribution in [3.63, 3.8) is 0 Å². The second-order valence-electron chi connectivity index (χ2n) is 11.9. The summed E-state index contributed by atoms with van der Waals surface area (Å²) in [6.07, 6.45) is 0.224. The van der Waals surface area contributed by atoms with E-state index >= 15 is 0 Å². The monoisotopic (exact) mass is 709 g/mol. The molecular formula is C35H37BrClN3O4S. The Kier molecular flexibility index (Phi) is 11.1. The zero-order valence-corrected chi connectivity index (χ0v) is 28.9. The van der Waals surface area contributed by atoms with Gasteiger partial charge in [0.15, 0.2) is 0 Å². The molecule has 0 unspecified atom stereocenters. The normalized spacial score (nSPS) is 12.3. The lowest BCUT2D eigenvalue weighted by Crippen LogP contribution is -2.56. The maximum Gasteiger partial charge on any atom is 0.264 e.